The van der Waals surface area contributed by atoms with Crippen molar-refractivity contribution in [2.75, 3.05) is 6.61 Å². The van der Waals surface area contributed by atoms with Gasteiger partial charge in [0.25, 0.3) is 0 Å². The highest BCUT2D eigenvalue weighted by Crippen LogP contribution is 2.35. The molecule has 2 aromatic rings. The van der Waals surface area contributed by atoms with Gasteiger partial charge < -0.3 is 9.47 Å². The third kappa shape index (κ3) is 9.71. The van der Waals surface area contributed by atoms with Crippen LogP contribution in [0.2, 0.25) is 0 Å². The minimum absolute atomic E-state index is 0.256. The van der Waals surface area contributed by atoms with Crippen molar-refractivity contribution in [2.24, 2.45) is 11.8 Å². The minimum atomic E-state index is -1.10. The number of rotatable bonds is 16. The first-order valence-electron chi connectivity index (χ1n) is 14.9. The molecule has 1 aliphatic rings. The van der Waals surface area contributed by atoms with Gasteiger partial charge >= 0.3 is 5.97 Å². The van der Waals surface area contributed by atoms with Gasteiger partial charge in [0.05, 0.1) is 12.2 Å². The molecule has 0 heterocycles. The molecule has 0 unspecified atom stereocenters. The molecule has 3 nitrogen and oxygen atoms in total. The Balaban J connectivity index is 1.43. The fourth-order valence-corrected chi connectivity index (χ4v) is 5.44. The number of halogens is 2. The van der Waals surface area contributed by atoms with Crippen molar-refractivity contribution in [3.05, 3.63) is 59.2 Å². The van der Waals surface area contributed by atoms with Gasteiger partial charge in [-0.15, -0.1) is 0 Å². The predicted molar refractivity (Wildman–Crippen MR) is 150 cm³/mol. The highest BCUT2D eigenvalue weighted by molar-refractivity contribution is 5.91. The molecule has 5 heteroatoms. The molecule has 0 atom stereocenters. The van der Waals surface area contributed by atoms with Gasteiger partial charge in [0.2, 0.25) is 5.82 Å². The Morgan fingerprint density at radius 3 is 2.08 bits per heavy atom. The van der Waals surface area contributed by atoms with Gasteiger partial charge in [-0.25, -0.2) is 9.18 Å². The van der Waals surface area contributed by atoms with Crippen LogP contribution < -0.4 is 9.47 Å². The zero-order valence-electron chi connectivity index (χ0n) is 23.4. The van der Waals surface area contributed by atoms with Crippen LogP contribution in [-0.2, 0) is 6.42 Å². The van der Waals surface area contributed by atoms with Crippen LogP contribution in [0.1, 0.15) is 120 Å². The maximum absolute atomic E-state index is 14.8. The number of carbonyl (C=O) groups excluding carboxylic acids is 1. The van der Waals surface area contributed by atoms with Crippen LogP contribution in [0.5, 0.6) is 11.5 Å². The number of benzene rings is 2. The quantitative estimate of drug-likeness (QED) is 0.124. The van der Waals surface area contributed by atoms with Gasteiger partial charge in [-0.3, -0.25) is 0 Å². The Hall–Kier alpha value is -2.43. The molecular formula is C33H46F2O3. The SMILES string of the molecule is CCCCCCCC1CCC(CCc2ccc(OC(=O)c3ccc(OCCCCC)cc3)c(F)c2F)CC1. The molecule has 0 spiro atoms. The van der Waals surface area contributed by atoms with Crippen molar-refractivity contribution in [2.45, 2.75) is 110 Å². The average molecular weight is 529 g/mol. The van der Waals surface area contributed by atoms with E-state index in [1.54, 1.807) is 30.3 Å². The number of hydrogen-bond acceptors (Lipinski definition) is 3. The molecule has 0 radical (unpaired) electrons. The fraction of sp³-hybridized carbons (Fsp3) is 0.606. The molecule has 0 amide bonds. The van der Waals surface area contributed by atoms with E-state index < -0.39 is 17.6 Å². The third-order valence-electron chi connectivity index (χ3n) is 7.94. The fourth-order valence-electron chi connectivity index (χ4n) is 5.44. The van der Waals surface area contributed by atoms with Crippen LogP contribution >= 0.6 is 0 Å². The summed E-state index contributed by atoms with van der Waals surface area (Å²) in [7, 11) is 0. The Kier molecular flexibility index (Phi) is 13.1. The number of hydrogen-bond donors (Lipinski definition) is 0. The van der Waals surface area contributed by atoms with Crippen LogP contribution in [0.15, 0.2) is 36.4 Å². The summed E-state index contributed by atoms with van der Waals surface area (Å²) in [5, 5.41) is 0. The number of unbranched alkanes of at least 4 members (excludes halogenated alkanes) is 6. The van der Waals surface area contributed by atoms with Crippen molar-refractivity contribution >= 4 is 5.97 Å². The molecule has 0 aromatic heterocycles. The van der Waals surface area contributed by atoms with Crippen LogP contribution in [0.3, 0.4) is 0 Å². The minimum Gasteiger partial charge on any atom is -0.494 e. The lowest BCUT2D eigenvalue weighted by atomic mass is 9.77. The second-order valence-electron chi connectivity index (χ2n) is 10.9. The molecule has 3 rings (SSSR count). The first kappa shape index (κ1) is 30.1. The molecule has 1 aliphatic carbocycles. The predicted octanol–water partition coefficient (Wildman–Crippen LogP) is 9.85. The molecule has 1 fully saturated rings. The first-order valence-corrected chi connectivity index (χ1v) is 14.9. The van der Waals surface area contributed by atoms with Crippen LogP contribution in [0.25, 0.3) is 0 Å². The van der Waals surface area contributed by atoms with Crippen molar-refractivity contribution in [1.82, 2.24) is 0 Å². The average Bonchev–Trinajstić information content (AvgIpc) is 2.94. The second kappa shape index (κ2) is 16.5. The smallest absolute Gasteiger partial charge is 0.343 e. The van der Waals surface area contributed by atoms with Crippen LogP contribution in [-0.4, -0.2) is 12.6 Å². The number of ether oxygens (including phenoxy) is 2. The van der Waals surface area contributed by atoms with Crippen LogP contribution in [0, 0.1) is 23.5 Å². The lowest BCUT2D eigenvalue weighted by Crippen LogP contribution is -2.15. The normalized spacial score (nSPS) is 17.4. The van der Waals surface area contributed by atoms with Crippen LogP contribution in [0.4, 0.5) is 8.78 Å². The van der Waals surface area contributed by atoms with Crippen molar-refractivity contribution in [1.29, 1.82) is 0 Å². The summed E-state index contributed by atoms with van der Waals surface area (Å²) in [4.78, 5) is 12.5. The van der Waals surface area contributed by atoms with Gasteiger partial charge in [0.15, 0.2) is 11.6 Å². The van der Waals surface area contributed by atoms with E-state index in [1.807, 2.05) is 0 Å². The molecule has 1 saturated carbocycles. The third-order valence-corrected chi connectivity index (χ3v) is 7.94. The van der Waals surface area contributed by atoms with E-state index in [1.165, 1.54) is 70.3 Å². The van der Waals surface area contributed by atoms with Gasteiger partial charge in [-0.2, -0.15) is 4.39 Å². The monoisotopic (exact) mass is 528 g/mol. The summed E-state index contributed by atoms with van der Waals surface area (Å²) in [6.07, 6.45) is 17.5. The maximum atomic E-state index is 14.8. The number of aryl methyl sites for hydroxylation is 1. The molecule has 0 bridgehead atoms. The second-order valence-corrected chi connectivity index (χ2v) is 10.9. The largest absolute Gasteiger partial charge is 0.494 e. The summed E-state index contributed by atoms with van der Waals surface area (Å²) >= 11 is 0. The van der Waals surface area contributed by atoms with Gasteiger partial charge in [-0.1, -0.05) is 97.0 Å². The van der Waals surface area contributed by atoms with Crippen molar-refractivity contribution < 1.29 is 23.0 Å². The number of carbonyl (C=O) groups is 1. The van der Waals surface area contributed by atoms with E-state index in [0.717, 1.165) is 31.6 Å². The van der Waals surface area contributed by atoms with Gasteiger partial charge in [0.1, 0.15) is 5.75 Å². The molecule has 0 N–H and O–H groups in total. The Morgan fingerprint density at radius 1 is 0.763 bits per heavy atom. The maximum Gasteiger partial charge on any atom is 0.343 e. The molecular weight excluding hydrogens is 482 g/mol. The highest BCUT2D eigenvalue weighted by Gasteiger charge is 2.23. The van der Waals surface area contributed by atoms with Crippen molar-refractivity contribution in [3.8, 4) is 11.5 Å². The number of esters is 1. The molecule has 2 aromatic carbocycles. The van der Waals surface area contributed by atoms with E-state index in [-0.39, 0.29) is 11.3 Å². The van der Waals surface area contributed by atoms with Gasteiger partial charge in [-0.05, 0) is 67.0 Å². The lowest BCUT2D eigenvalue weighted by Gasteiger charge is -2.28. The zero-order chi connectivity index (χ0) is 27.2. The molecule has 38 heavy (non-hydrogen) atoms. The topological polar surface area (TPSA) is 35.5 Å². The van der Waals surface area contributed by atoms with Crippen molar-refractivity contribution in [3.63, 3.8) is 0 Å². The summed E-state index contributed by atoms with van der Waals surface area (Å²) in [6, 6.07) is 9.43. The summed E-state index contributed by atoms with van der Waals surface area (Å²) in [5.41, 5.74) is 0.608. The lowest BCUT2D eigenvalue weighted by molar-refractivity contribution is 0.0726. The molecule has 0 aliphatic heterocycles. The summed E-state index contributed by atoms with van der Waals surface area (Å²) in [5.74, 6) is -1.04. The van der Waals surface area contributed by atoms with E-state index in [2.05, 4.69) is 13.8 Å². The van der Waals surface area contributed by atoms with Gasteiger partial charge in [0, 0.05) is 0 Å². The summed E-state index contributed by atoms with van der Waals surface area (Å²) in [6.45, 7) is 5.00. The Morgan fingerprint density at radius 2 is 1.39 bits per heavy atom. The molecule has 210 valence electrons. The standard InChI is InChI=1S/C33H46F2O3/c1-3-5-7-8-9-11-25-12-14-26(15-13-25)16-17-27-20-23-30(32(35)31(27)34)38-33(36)28-18-21-29(22-19-28)37-24-10-6-4-2/h18-23,25-26H,3-17,24H2,1-2H3. The zero-order valence-corrected chi connectivity index (χ0v) is 23.4. The Labute approximate surface area is 228 Å². The first-order chi connectivity index (χ1) is 18.5. The van der Waals surface area contributed by atoms with E-state index in [9.17, 15) is 13.6 Å². The summed E-state index contributed by atoms with van der Waals surface area (Å²) < 4.78 is 40.4. The molecule has 0 saturated heterocycles. The van der Waals surface area contributed by atoms with E-state index in [4.69, 9.17) is 9.47 Å². The Bertz CT molecular complexity index is 965. The highest BCUT2D eigenvalue weighted by atomic mass is 19.2. The van der Waals surface area contributed by atoms with E-state index >= 15 is 0 Å². The van der Waals surface area contributed by atoms with E-state index in [0.29, 0.717) is 30.3 Å².